The molecule has 3 unspecified atom stereocenters. The topological polar surface area (TPSA) is 84.1 Å². The zero-order chi connectivity index (χ0) is 25.5. The molecule has 4 fully saturated rings. The predicted molar refractivity (Wildman–Crippen MR) is 134 cm³/mol. The summed E-state index contributed by atoms with van der Waals surface area (Å²) in [4.78, 5) is 30.7. The molecule has 194 valence electrons. The molecule has 2 amide bonds. The minimum Gasteiger partial charge on any atom is -0.381 e. The van der Waals surface area contributed by atoms with Gasteiger partial charge in [0.1, 0.15) is 17.0 Å². The molecular weight excluding hydrogens is 461 g/mol. The van der Waals surface area contributed by atoms with E-state index in [1.807, 2.05) is 26.0 Å². The Bertz CT molecular complexity index is 1170. The van der Waals surface area contributed by atoms with Gasteiger partial charge < -0.3 is 9.47 Å². The number of nitrogens with one attached hydrogen (secondary N) is 1. The number of pyridine rings is 1. The van der Waals surface area contributed by atoms with Crippen molar-refractivity contribution in [1.82, 2.24) is 15.2 Å². The highest BCUT2D eigenvalue weighted by Gasteiger charge is 2.70. The van der Waals surface area contributed by atoms with Crippen LogP contribution in [0.2, 0.25) is 0 Å². The van der Waals surface area contributed by atoms with Crippen molar-refractivity contribution < 1.29 is 23.5 Å². The number of carbonyl (C=O) groups excluding carboxylic acids is 2. The van der Waals surface area contributed by atoms with Crippen LogP contribution in [0.4, 0.5) is 4.39 Å². The van der Waals surface area contributed by atoms with Crippen molar-refractivity contribution in [1.29, 1.82) is 0 Å². The fourth-order valence-electron chi connectivity index (χ4n) is 6.27. The normalized spacial score (nSPS) is 30.8. The Morgan fingerprint density at radius 3 is 2.69 bits per heavy atom. The Balaban J connectivity index is 0.00000130. The maximum absolute atomic E-state index is 16.0. The molecule has 4 aliphatic heterocycles. The van der Waals surface area contributed by atoms with Crippen LogP contribution >= 0.6 is 0 Å². The number of ether oxygens (including phenoxy) is 2. The maximum atomic E-state index is 16.0. The number of halogens is 1. The first-order valence-corrected chi connectivity index (χ1v) is 13.3. The lowest BCUT2D eigenvalue weighted by atomic mass is 9.80. The second-order valence-corrected chi connectivity index (χ2v) is 10.5. The van der Waals surface area contributed by atoms with Crippen molar-refractivity contribution in [2.75, 3.05) is 32.8 Å². The molecule has 4 aliphatic rings. The van der Waals surface area contributed by atoms with Crippen molar-refractivity contribution in [2.24, 2.45) is 5.92 Å². The number of piperidine rings is 2. The average Bonchev–Trinajstić information content (AvgIpc) is 3.51. The number of rotatable bonds is 4. The lowest BCUT2D eigenvalue weighted by Gasteiger charge is -2.35. The molecule has 3 atom stereocenters. The van der Waals surface area contributed by atoms with Crippen molar-refractivity contribution >= 4 is 22.7 Å². The maximum Gasteiger partial charge on any atom is 0.234 e. The van der Waals surface area contributed by atoms with Gasteiger partial charge in [-0.1, -0.05) is 19.9 Å². The molecule has 4 saturated heterocycles. The molecule has 1 N–H and O–H groups in total. The quantitative estimate of drug-likeness (QED) is 0.507. The molecule has 6 rings (SSSR count). The molecule has 2 aromatic rings. The van der Waals surface area contributed by atoms with E-state index < -0.39 is 17.1 Å². The highest BCUT2D eigenvalue weighted by atomic mass is 19.1. The van der Waals surface area contributed by atoms with Gasteiger partial charge in [-0.25, -0.2) is 4.39 Å². The van der Waals surface area contributed by atoms with Crippen LogP contribution in [0.1, 0.15) is 69.9 Å². The average molecular weight is 498 g/mol. The van der Waals surface area contributed by atoms with Crippen LogP contribution < -0.4 is 5.32 Å². The van der Waals surface area contributed by atoms with Crippen LogP contribution in [0, 0.1) is 11.7 Å². The molecule has 1 aromatic heterocycles. The number of hydrogen-bond acceptors (Lipinski definition) is 6. The highest BCUT2D eigenvalue weighted by Crippen LogP contribution is 2.61. The molecule has 7 nitrogen and oxygen atoms in total. The van der Waals surface area contributed by atoms with Crippen LogP contribution in [0.3, 0.4) is 0 Å². The number of hydrogen-bond donors (Lipinski definition) is 1. The number of aromatic nitrogens is 1. The summed E-state index contributed by atoms with van der Waals surface area (Å²) in [5, 5.41) is 2.77. The Kier molecular flexibility index (Phi) is 6.87. The van der Waals surface area contributed by atoms with Crippen LogP contribution in [-0.2, 0) is 24.7 Å². The zero-order valence-corrected chi connectivity index (χ0v) is 21.4. The second kappa shape index (κ2) is 9.80. The number of fused-ring (bicyclic) bond motifs is 2. The number of nitrogens with zero attached hydrogens (tertiary/aromatic N) is 2. The van der Waals surface area contributed by atoms with E-state index in [2.05, 4.69) is 22.1 Å². The van der Waals surface area contributed by atoms with Crippen molar-refractivity contribution in [3.63, 3.8) is 0 Å². The molecule has 0 radical (unpaired) electrons. The molecule has 8 heteroatoms. The van der Waals surface area contributed by atoms with Gasteiger partial charge in [-0.3, -0.25) is 24.8 Å². The molecule has 0 spiro atoms. The van der Waals surface area contributed by atoms with Gasteiger partial charge in [0, 0.05) is 56.4 Å². The number of benzene rings is 1. The summed E-state index contributed by atoms with van der Waals surface area (Å²) in [6, 6.07) is 5.38. The SMILES string of the molecule is CC.CC12CN(CC3CCOCC3)CCC1(c1ccc3ncc(C4CCC(=O)NC4=O)cc3c1F)O2. The summed E-state index contributed by atoms with van der Waals surface area (Å²) < 4.78 is 27.8. The largest absolute Gasteiger partial charge is 0.381 e. The third-order valence-electron chi connectivity index (χ3n) is 8.27. The summed E-state index contributed by atoms with van der Waals surface area (Å²) >= 11 is 0. The molecule has 0 saturated carbocycles. The van der Waals surface area contributed by atoms with Crippen LogP contribution in [0.25, 0.3) is 10.9 Å². The van der Waals surface area contributed by atoms with Crippen LogP contribution in [0.5, 0.6) is 0 Å². The first-order chi connectivity index (χ1) is 17.4. The van der Waals surface area contributed by atoms with E-state index in [9.17, 15) is 9.59 Å². The molecular formula is C28H36FN3O4. The summed E-state index contributed by atoms with van der Waals surface area (Å²) in [5.41, 5.74) is 0.724. The smallest absolute Gasteiger partial charge is 0.234 e. The van der Waals surface area contributed by atoms with Gasteiger partial charge in [-0.2, -0.15) is 0 Å². The minimum absolute atomic E-state index is 0.268. The zero-order valence-electron chi connectivity index (χ0n) is 21.4. The van der Waals surface area contributed by atoms with Crippen LogP contribution in [0.15, 0.2) is 24.4 Å². The Morgan fingerprint density at radius 1 is 1.19 bits per heavy atom. The number of carbonyl (C=O) groups is 2. The van der Waals surface area contributed by atoms with E-state index in [-0.39, 0.29) is 24.1 Å². The van der Waals surface area contributed by atoms with Gasteiger partial charge >= 0.3 is 0 Å². The minimum atomic E-state index is -0.623. The number of amides is 2. The molecule has 0 bridgehead atoms. The Labute approximate surface area is 211 Å². The van der Waals surface area contributed by atoms with E-state index in [1.165, 1.54) is 0 Å². The van der Waals surface area contributed by atoms with E-state index in [0.29, 0.717) is 34.4 Å². The lowest BCUT2D eigenvalue weighted by Crippen LogP contribution is -2.46. The number of likely N-dealkylation sites (tertiary alicyclic amines) is 1. The van der Waals surface area contributed by atoms with Gasteiger partial charge in [0.25, 0.3) is 0 Å². The van der Waals surface area contributed by atoms with Gasteiger partial charge in [-0.05, 0) is 56.2 Å². The molecule has 1 aromatic carbocycles. The van der Waals surface area contributed by atoms with Crippen LogP contribution in [-0.4, -0.2) is 60.1 Å². The highest BCUT2D eigenvalue weighted by molar-refractivity contribution is 6.01. The Morgan fingerprint density at radius 2 is 1.97 bits per heavy atom. The standard InChI is InChI=1S/C26H30FN3O4.C2H6/c1-25-15-30(14-16-6-10-33-11-7-16)9-8-26(25,34-25)20-3-4-21-19(23(20)27)12-17(13-28-21)18-2-5-22(31)29-24(18)32;1-2/h3-4,12-13,16,18H,2,5-11,14-15H2,1H3,(H,29,31,32);1-2H3. The van der Waals surface area contributed by atoms with Crippen molar-refractivity contribution in [2.45, 2.75) is 70.0 Å². The first kappa shape index (κ1) is 25.2. The third kappa shape index (κ3) is 4.33. The van der Waals surface area contributed by atoms with Gasteiger partial charge in [0.05, 0.1) is 11.4 Å². The van der Waals surface area contributed by atoms with E-state index >= 15 is 4.39 Å². The summed E-state index contributed by atoms with van der Waals surface area (Å²) in [7, 11) is 0. The molecule has 36 heavy (non-hydrogen) atoms. The summed E-state index contributed by atoms with van der Waals surface area (Å²) in [6.07, 6.45) is 5.24. The Hall–Kier alpha value is -2.42. The van der Waals surface area contributed by atoms with Gasteiger partial charge in [0.15, 0.2) is 0 Å². The molecule has 0 aliphatic carbocycles. The monoisotopic (exact) mass is 497 g/mol. The fourth-order valence-corrected chi connectivity index (χ4v) is 6.27. The van der Waals surface area contributed by atoms with E-state index in [1.54, 1.807) is 12.3 Å². The fraction of sp³-hybridized carbons (Fsp3) is 0.607. The first-order valence-electron chi connectivity index (χ1n) is 13.3. The predicted octanol–water partition coefficient (Wildman–Crippen LogP) is 4.04. The van der Waals surface area contributed by atoms with Crippen molar-refractivity contribution in [3.8, 4) is 0 Å². The lowest BCUT2D eigenvalue weighted by molar-refractivity contribution is -0.134. The number of imide groups is 1. The van der Waals surface area contributed by atoms with Gasteiger partial charge in [0.2, 0.25) is 11.8 Å². The molecule has 5 heterocycles. The van der Waals surface area contributed by atoms with Gasteiger partial charge in [-0.15, -0.1) is 0 Å². The van der Waals surface area contributed by atoms with Crippen molar-refractivity contribution in [3.05, 3.63) is 41.3 Å². The summed E-state index contributed by atoms with van der Waals surface area (Å²) in [5.74, 6) is -0.774. The van der Waals surface area contributed by atoms with E-state index in [4.69, 9.17) is 9.47 Å². The number of epoxide rings is 1. The summed E-state index contributed by atoms with van der Waals surface area (Å²) in [6.45, 7) is 10.5. The van der Waals surface area contributed by atoms with E-state index in [0.717, 1.165) is 52.1 Å². The third-order valence-corrected chi connectivity index (χ3v) is 8.27. The second-order valence-electron chi connectivity index (χ2n) is 10.5.